The lowest BCUT2D eigenvalue weighted by Gasteiger charge is -2.41. The molecule has 1 aliphatic rings. The molecule has 7 nitrogen and oxygen atoms in total. The van der Waals surface area contributed by atoms with E-state index in [1.165, 1.54) is 0 Å². The maximum Gasteiger partial charge on any atom is 0.227 e. The summed E-state index contributed by atoms with van der Waals surface area (Å²) >= 11 is 0. The zero-order valence-corrected chi connectivity index (χ0v) is 14.2. The number of fused-ring (bicyclic) bond motifs is 1. The Balaban J connectivity index is 1.68. The van der Waals surface area contributed by atoms with E-state index in [0.717, 1.165) is 11.3 Å². The Morgan fingerprint density at radius 3 is 2.88 bits per heavy atom. The van der Waals surface area contributed by atoms with Gasteiger partial charge in [-0.3, -0.25) is 4.79 Å². The van der Waals surface area contributed by atoms with Crippen LogP contribution in [0.4, 0.5) is 4.39 Å². The summed E-state index contributed by atoms with van der Waals surface area (Å²) in [6.45, 7) is 4.51. The number of pyridine rings is 1. The number of rotatable bonds is 5. The Kier molecular flexibility index (Phi) is 4.20. The molecular weight excluding hydrogens is 323 g/mol. The monoisotopic (exact) mass is 344 g/mol. The smallest absolute Gasteiger partial charge is 0.227 e. The Morgan fingerprint density at radius 2 is 2.20 bits per heavy atom. The van der Waals surface area contributed by atoms with Crippen LogP contribution in [0.25, 0.3) is 5.65 Å². The highest BCUT2D eigenvalue weighted by molar-refractivity contribution is 5.81. The van der Waals surface area contributed by atoms with Crippen LogP contribution in [0.1, 0.15) is 19.5 Å². The molecule has 2 aromatic heterocycles. The van der Waals surface area contributed by atoms with Gasteiger partial charge in [0.2, 0.25) is 5.91 Å². The molecule has 3 heterocycles. The molecule has 0 unspecified atom stereocenters. The van der Waals surface area contributed by atoms with Crippen molar-refractivity contribution in [2.24, 2.45) is 11.7 Å². The fourth-order valence-electron chi connectivity index (χ4n) is 2.94. The summed E-state index contributed by atoms with van der Waals surface area (Å²) in [4.78, 5) is 18.4. The second kappa shape index (κ2) is 6.19. The summed E-state index contributed by atoms with van der Waals surface area (Å²) < 4.78 is 15.2. The summed E-state index contributed by atoms with van der Waals surface area (Å²) in [5.41, 5.74) is 6.68. The number of halogens is 1. The quantitative estimate of drug-likeness (QED) is 0.713. The molecule has 25 heavy (non-hydrogen) atoms. The predicted octanol–water partition coefficient (Wildman–Crippen LogP) is 1.36. The summed E-state index contributed by atoms with van der Waals surface area (Å²) in [6, 6.07) is 5.72. The lowest BCUT2D eigenvalue weighted by molar-refractivity contribution is -0.131. The predicted molar refractivity (Wildman–Crippen MR) is 92.5 cm³/mol. The Labute approximate surface area is 144 Å². The lowest BCUT2D eigenvalue weighted by Crippen LogP contribution is -2.57. The topological polar surface area (TPSA) is 99.5 Å². The lowest BCUT2D eigenvalue weighted by atomic mass is 9.95. The minimum atomic E-state index is -0.787. The molecule has 0 atom stereocenters. The van der Waals surface area contributed by atoms with E-state index >= 15 is 0 Å². The van der Waals surface area contributed by atoms with Crippen LogP contribution in [0.3, 0.4) is 0 Å². The number of hydrogen-bond acceptors (Lipinski definition) is 5. The fourth-order valence-corrected chi connectivity index (χ4v) is 2.94. The van der Waals surface area contributed by atoms with Gasteiger partial charge < -0.3 is 25.8 Å². The highest BCUT2D eigenvalue weighted by Crippen LogP contribution is 2.25. The number of nitrogens with one attached hydrogen (secondary N) is 2. The van der Waals surface area contributed by atoms with Crippen LogP contribution in [-0.2, 0) is 10.3 Å². The third-order valence-electron chi connectivity index (χ3n) is 4.46. The SMILES string of the molecule is CC(C)(NC(=O)C1CN(/C(N)=C(\F)C=N)C1)c1cnc2ccccn12. The highest BCUT2D eigenvalue weighted by Gasteiger charge is 2.37. The van der Waals surface area contributed by atoms with Crippen molar-refractivity contribution in [1.29, 1.82) is 5.41 Å². The third-order valence-corrected chi connectivity index (χ3v) is 4.46. The molecule has 8 heteroatoms. The van der Waals surface area contributed by atoms with E-state index in [1.54, 1.807) is 11.1 Å². The van der Waals surface area contributed by atoms with Gasteiger partial charge in [0, 0.05) is 19.3 Å². The molecule has 3 rings (SSSR count). The van der Waals surface area contributed by atoms with Gasteiger partial charge in [0.15, 0.2) is 5.83 Å². The van der Waals surface area contributed by atoms with Crippen molar-refractivity contribution in [2.45, 2.75) is 19.4 Å². The summed E-state index contributed by atoms with van der Waals surface area (Å²) in [5, 5.41) is 9.91. The molecule has 1 saturated heterocycles. The maximum atomic E-state index is 13.3. The Morgan fingerprint density at radius 1 is 1.48 bits per heavy atom. The average molecular weight is 344 g/mol. The molecule has 1 fully saturated rings. The second-order valence-corrected chi connectivity index (χ2v) is 6.67. The van der Waals surface area contributed by atoms with Gasteiger partial charge >= 0.3 is 0 Å². The molecule has 0 saturated carbocycles. The normalized spacial score (nSPS) is 16.4. The molecule has 0 bridgehead atoms. The van der Waals surface area contributed by atoms with E-state index in [4.69, 9.17) is 11.1 Å². The molecule has 1 amide bonds. The van der Waals surface area contributed by atoms with Crippen molar-refractivity contribution in [3.8, 4) is 0 Å². The largest absolute Gasteiger partial charge is 0.383 e. The molecule has 0 radical (unpaired) electrons. The minimum absolute atomic E-state index is 0.0971. The number of carbonyl (C=O) groups excluding carboxylic acids is 1. The number of amides is 1. The van der Waals surface area contributed by atoms with Crippen molar-refractivity contribution < 1.29 is 9.18 Å². The first-order chi connectivity index (χ1) is 11.8. The van der Waals surface area contributed by atoms with E-state index in [9.17, 15) is 9.18 Å². The maximum absolute atomic E-state index is 13.3. The molecule has 0 spiro atoms. The molecule has 0 aliphatic carbocycles. The summed E-state index contributed by atoms with van der Waals surface area (Å²) in [7, 11) is 0. The van der Waals surface area contributed by atoms with Gasteiger partial charge in [0.05, 0.1) is 29.6 Å². The molecule has 4 N–H and O–H groups in total. The number of nitrogens with two attached hydrogens (primary N) is 1. The average Bonchev–Trinajstić information content (AvgIpc) is 2.96. The summed E-state index contributed by atoms with van der Waals surface area (Å²) in [6.07, 6.45) is 4.22. The van der Waals surface area contributed by atoms with Crippen LogP contribution in [0, 0.1) is 11.3 Å². The number of aromatic nitrogens is 2. The van der Waals surface area contributed by atoms with Crippen LogP contribution in [0.2, 0.25) is 0 Å². The van der Waals surface area contributed by atoms with Gasteiger partial charge in [-0.2, -0.15) is 0 Å². The van der Waals surface area contributed by atoms with Gasteiger partial charge in [-0.25, -0.2) is 9.37 Å². The van der Waals surface area contributed by atoms with Gasteiger partial charge in [0.1, 0.15) is 11.5 Å². The van der Waals surface area contributed by atoms with E-state index in [-0.39, 0.29) is 17.6 Å². The van der Waals surface area contributed by atoms with Crippen LogP contribution < -0.4 is 11.1 Å². The standard InChI is InChI=1S/C17H21FN6O/c1-17(2,13-8-21-14-5-3-4-6-24(13)14)22-16(25)11-9-23(10-11)15(20)12(18)7-19/h3-8,11,19H,9-10,20H2,1-2H3,(H,22,25)/b15-12-,19-7?. The highest BCUT2D eigenvalue weighted by atomic mass is 19.1. The number of likely N-dealkylation sites (tertiary alicyclic amines) is 1. The molecule has 0 aromatic carbocycles. The van der Waals surface area contributed by atoms with Gasteiger partial charge in [-0.15, -0.1) is 0 Å². The van der Waals surface area contributed by atoms with Gasteiger partial charge in [0.25, 0.3) is 0 Å². The second-order valence-electron chi connectivity index (χ2n) is 6.67. The summed E-state index contributed by atoms with van der Waals surface area (Å²) in [5.74, 6) is -1.27. The van der Waals surface area contributed by atoms with Crippen molar-refractivity contribution in [3.05, 3.63) is 47.9 Å². The zero-order valence-electron chi connectivity index (χ0n) is 14.2. The van der Waals surface area contributed by atoms with Crippen molar-refractivity contribution in [2.75, 3.05) is 13.1 Å². The molecule has 2 aromatic rings. The first-order valence-corrected chi connectivity index (χ1v) is 7.98. The molecular formula is C17H21FN6O. The number of hydrogen-bond donors (Lipinski definition) is 3. The molecule has 1 aliphatic heterocycles. The van der Waals surface area contributed by atoms with Crippen LogP contribution in [0.15, 0.2) is 42.2 Å². The first-order valence-electron chi connectivity index (χ1n) is 7.98. The number of allylic oxidation sites excluding steroid dienone is 1. The number of nitrogens with zero attached hydrogens (tertiary/aromatic N) is 3. The Hall–Kier alpha value is -2.90. The first kappa shape index (κ1) is 16.9. The molecule has 132 valence electrons. The third kappa shape index (κ3) is 3.07. The van der Waals surface area contributed by atoms with Crippen molar-refractivity contribution in [1.82, 2.24) is 19.6 Å². The van der Waals surface area contributed by atoms with Gasteiger partial charge in [-0.1, -0.05) is 6.07 Å². The van der Waals surface area contributed by atoms with E-state index < -0.39 is 11.4 Å². The zero-order chi connectivity index (χ0) is 18.2. The number of carbonyl (C=O) groups is 1. The van der Waals surface area contributed by atoms with E-state index in [1.807, 2.05) is 42.6 Å². The van der Waals surface area contributed by atoms with Crippen LogP contribution in [0.5, 0.6) is 0 Å². The van der Waals surface area contributed by atoms with E-state index in [0.29, 0.717) is 19.3 Å². The Bertz CT molecular complexity index is 850. The van der Waals surface area contributed by atoms with Crippen molar-refractivity contribution in [3.63, 3.8) is 0 Å². The van der Waals surface area contributed by atoms with Crippen LogP contribution >= 0.6 is 0 Å². The van der Waals surface area contributed by atoms with Crippen molar-refractivity contribution >= 4 is 17.8 Å². The minimum Gasteiger partial charge on any atom is -0.383 e. The van der Waals surface area contributed by atoms with Gasteiger partial charge in [-0.05, 0) is 26.0 Å². The van der Waals surface area contributed by atoms with E-state index in [2.05, 4.69) is 10.3 Å². The fraction of sp³-hybridized carbons (Fsp3) is 0.353. The van der Waals surface area contributed by atoms with Crippen LogP contribution in [-0.4, -0.2) is 39.5 Å². The number of imidazole rings is 1.